The molecule has 4 amide bonds. The molecule has 69 heavy (non-hydrogen) atoms. The van der Waals surface area contributed by atoms with Gasteiger partial charge in [-0.15, -0.1) is 0 Å². The predicted octanol–water partition coefficient (Wildman–Crippen LogP) is 6.31. The van der Waals surface area contributed by atoms with Crippen LogP contribution < -0.4 is 21.7 Å². The van der Waals surface area contributed by atoms with E-state index in [1.807, 2.05) is 19.1 Å². The Morgan fingerprint density at radius 2 is 0.986 bits per heavy atom. The fraction of sp³-hybridized carbons (Fsp3) is 0.725. The number of carboxylic acid groups (broad SMARTS) is 2. The van der Waals surface area contributed by atoms with Gasteiger partial charge < -0.3 is 50.8 Å². The number of nitrogens with two attached hydrogens (primary N) is 1. The summed E-state index contributed by atoms with van der Waals surface area (Å²) in [4.78, 5) is 95.4. The SMILES string of the molecule is Cc1ccc(C(=O)NCCCCC(NC(=O)COCCOCCCC(=O)COCCOCCCC(=O)CCC(NC(=O)CCCCCCCCCCCCCCCCC(=O)O)C(=O)O)C(N)=O)cc1. The molecular weight excluding hydrogens is 893 g/mol. The Bertz CT molecular complexity index is 1610. The molecule has 0 bridgehead atoms. The third kappa shape index (κ3) is 37.8. The summed E-state index contributed by atoms with van der Waals surface area (Å²) in [5.41, 5.74) is 7.08. The van der Waals surface area contributed by atoms with E-state index in [0.717, 1.165) is 44.1 Å². The summed E-state index contributed by atoms with van der Waals surface area (Å²) in [6.07, 6.45) is 18.6. The summed E-state index contributed by atoms with van der Waals surface area (Å²) in [5.74, 6) is -3.71. The van der Waals surface area contributed by atoms with Gasteiger partial charge in [0.05, 0.1) is 26.4 Å². The topological polar surface area (TPSA) is 276 Å². The Morgan fingerprint density at radius 1 is 0.493 bits per heavy atom. The van der Waals surface area contributed by atoms with Crippen molar-refractivity contribution >= 4 is 47.1 Å². The van der Waals surface area contributed by atoms with Crippen LogP contribution in [0.3, 0.4) is 0 Å². The zero-order valence-electron chi connectivity index (χ0n) is 41.4. The third-order valence-corrected chi connectivity index (χ3v) is 11.3. The smallest absolute Gasteiger partial charge is 0.326 e. The molecule has 7 N–H and O–H groups in total. The fourth-order valence-electron chi connectivity index (χ4n) is 7.25. The number of ketones is 2. The van der Waals surface area contributed by atoms with Gasteiger partial charge in [-0.25, -0.2) is 4.79 Å². The average molecular weight is 977 g/mol. The van der Waals surface area contributed by atoms with E-state index in [1.165, 1.54) is 44.9 Å². The van der Waals surface area contributed by atoms with E-state index >= 15 is 0 Å². The van der Waals surface area contributed by atoms with Gasteiger partial charge in [-0.3, -0.25) is 33.6 Å². The van der Waals surface area contributed by atoms with Crippen molar-refractivity contribution in [3.63, 3.8) is 0 Å². The first-order valence-corrected chi connectivity index (χ1v) is 25.3. The number of Topliss-reactive ketones (excluding diaryl/α,β-unsaturated/α-hetero) is 2. The van der Waals surface area contributed by atoms with Gasteiger partial charge in [-0.1, -0.05) is 94.7 Å². The van der Waals surface area contributed by atoms with E-state index in [2.05, 4.69) is 16.0 Å². The van der Waals surface area contributed by atoms with E-state index < -0.39 is 35.8 Å². The van der Waals surface area contributed by atoms with Crippen molar-refractivity contribution in [2.24, 2.45) is 5.73 Å². The molecule has 2 unspecified atom stereocenters. The molecule has 392 valence electrons. The molecule has 0 aliphatic heterocycles. The lowest BCUT2D eigenvalue weighted by atomic mass is 10.0. The van der Waals surface area contributed by atoms with Crippen LogP contribution in [0.1, 0.15) is 176 Å². The summed E-state index contributed by atoms with van der Waals surface area (Å²) < 4.78 is 21.6. The van der Waals surface area contributed by atoms with E-state index in [-0.39, 0.29) is 102 Å². The molecule has 1 aromatic carbocycles. The molecule has 0 aliphatic carbocycles. The summed E-state index contributed by atoms with van der Waals surface area (Å²) in [5, 5.41) is 26.2. The second kappa shape index (κ2) is 42.1. The highest BCUT2D eigenvalue weighted by Gasteiger charge is 2.21. The minimum absolute atomic E-state index is 0.0285. The normalized spacial score (nSPS) is 12.0. The van der Waals surface area contributed by atoms with E-state index in [1.54, 1.807) is 12.1 Å². The van der Waals surface area contributed by atoms with Gasteiger partial charge >= 0.3 is 11.9 Å². The predicted molar refractivity (Wildman–Crippen MR) is 261 cm³/mol. The number of amides is 4. The van der Waals surface area contributed by atoms with Gasteiger partial charge in [0, 0.05) is 57.4 Å². The number of primary amides is 1. The minimum atomic E-state index is -1.16. The van der Waals surface area contributed by atoms with Crippen molar-refractivity contribution < 1.29 is 67.5 Å². The van der Waals surface area contributed by atoms with E-state index in [4.69, 9.17) is 29.8 Å². The van der Waals surface area contributed by atoms with Crippen molar-refractivity contribution in [3.8, 4) is 0 Å². The Morgan fingerprint density at radius 3 is 1.52 bits per heavy atom. The average Bonchev–Trinajstić information content (AvgIpc) is 3.31. The van der Waals surface area contributed by atoms with Crippen LogP contribution in [0.4, 0.5) is 0 Å². The second-order valence-corrected chi connectivity index (χ2v) is 17.6. The number of aliphatic carboxylic acids is 2. The number of benzene rings is 1. The van der Waals surface area contributed by atoms with Gasteiger partial charge in [0.25, 0.3) is 5.91 Å². The third-order valence-electron chi connectivity index (χ3n) is 11.3. The largest absolute Gasteiger partial charge is 0.481 e. The van der Waals surface area contributed by atoms with Crippen LogP contribution in [0.25, 0.3) is 0 Å². The molecule has 0 aromatic heterocycles. The number of unbranched alkanes of at least 4 members (excludes halogenated alkanes) is 14. The van der Waals surface area contributed by atoms with Crippen LogP contribution in [0.15, 0.2) is 24.3 Å². The molecule has 0 heterocycles. The Labute approximate surface area is 409 Å². The van der Waals surface area contributed by atoms with E-state index in [9.17, 15) is 43.5 Å². The maximum atomic E-state index is 12.4. The number of nitrogens with one attached hydrogen (secondary N) is 3. The highest BCUT2D eigenvalue weighted by Crippen LogP contribution is 2.14. The lowest BCUT2D eigenvalue weighted by Crippen LogP contribution is -2.45. The minimum Gasteiger partial charge on any atom is -0.481 e. The standard InChI is InChI=1S/C51H84N4O14/c1-40-25-27-41(28-26-40)50(63)53-31-17-16-22-44(49(52)62)54-47(59)39-69-37-35-67-33-19-21-43(57)38-68-36-34-66-32-18-20-42(56)29-30-45(51(64)65)55-46(58)23-14-12-10-8-6-4-2-3-5-7-9-11-13-15-24-48(60)61/h25-28,44-45H,2-24,29-39H2,1H3,(H2,52,62)(H,53,63)(H,54,59)(H,55,58)(H,60,61)(H,64,65). The number of hydrogen-bond acceptors (Lipinski definition) is 12. The van der Waals surface area contributed by atoms with Crippen LogP contribution in [-0.4, -0.2) is 129 Å². The Kier molecular flexibility index (Phi) is 38.0. The van der Waals surface area contributed by atoms with Crippen LogP contribution >= 0.6 is 0 Å². The lowest BCUT2D eigenvalue weighted by molar-refractivity contribution is -0.142. The zero-order chi connectivity index (χ0) is 50.7. The second-order valence-electron chi connectivity index (χ2n) is 17.6. The molecule has 1 rings (SSSR count). The monoisotopic (exact) mass is 977 g/mol. The molecule has 1 aromatic rings. The molecule has 0 saturated heterocycles. The Hall–Kier alpha value is -4.78. The molecule has 2 atom stereocenters. The molecule has 0 aliphatic rings. The van der Waals surface area contributed by atoms with Crippen LogP contribution in [0.2, 0.25) is 0 Å². The molecule has 0 spiro atoms. The van der Waals surface area contributed by atoms with Crippen molar-refractivity contribution in [1.82, 2.24) is 16.0 Å². The van der Waals surface area contributed by atoms with Crippen molar-refractivity contribution in [2.75, 3.05) is 59.4 Å². The van der Waals surface area contributed by atoms with Crippen LogP contribution in [-0.2, 0) is 52.5 Å². The number of carbonyl (C=O) groups is 8. The van der Waals surface area contributed by atoms with Gasteiger partial charge in [-0.2, -0.15) is 0 Å². The lowest BCUT2D eigenvalue weighted by Gasteiger charge is -2.15. The van der Waals surface area contributed by atoms with Gasteiger partial charge in [0.1, 0.15) is 31.1 Å². The maximum absolute atomic E-state index is 12.4. The van der Waals surface area contributed by atoms with Crippen LogP contribution in [0, 0.1) is 6.92 Å². The molecular formula is C51H84N4O14. The first-order chi connectivity index (χ1) is 33.3. The number of aryl methyl sites for hydroxylation is 1. The molecule has 18 heteroatoms. The highest BCUT2D eigenvalue weighted by atomic mass is 16.5. The summed E-state index contributed by atoms with van der Waals surface area (Å²) in [6.45, 7) is 3.44. The summed E-state index contributed by atoms with van der Waals surface area (Å²) in [7, 11) is 0. The van der Waals surface area contributed by atoms with Crippen molar-refractivity contribution in [1.29, 1.82) is 0 Å². The molecule has 0 fully saturated rings. The molecule has 0 saturated carbocycles. The summed E-state index contributed by atoms with van der Waals surface area (Å²) >= 11 is 0. The molecule has 0 radical (unpaired) electrons. The maximum Gasteiger partial charge on any atom is 0.326 e. The van der Waals surface area contributed by atoms with Gasteiger partial charge in [-0.05, 0) is 70.4 Å². The number of rotatable bonds is 48. The van der Waals surface area contributed by atoms with E-state index in [0.29, 0.717) is 63.8 Å². The fourth-order valence-corrected chi connectivity index (χ4v) is 7.25. The quantitative estimate of drug-likeness (QED) is 0.0391. The number of hydrogen-bond donors (Lipinski definition) is 6. The molecule has 18 nitrogen and oxygen atoms in total. The van der Waals surface area contributed by atoms with Gasteiger partial charge in [0.15, 0.2) is 5.78 Å². The van der Waals surface area contributed by atoms with Crippen molar-refractivity contribution in [2.45, 2.75) is 180 Å². The van der Waals surface area contributed by atoms with Crippen LogP contribution in [0.5, 0.6) is 0 Å². The van der Waals surface area contributed by atoms with Gasteiger partial charge in [0.2, 0.25) is 17.7 Å². The van der Waals surface area contributed by atoms with Crippen molar-refractivity contribution in [3.05, 3.63) is 35.4 Å². The Balaban J connectivity index is 1.95. The summed E-state index contributed by atoms with van der Waals surface area (Å²) in [6, 6.07) is 5.28. The number of ether oxygens (including phenoxy) is 4. The highest BCUT2D eigenvalue weighted by molar-refractivity contribution is 5.94. The number of carbonyl (C=O) groups excluding carboxylic acids is 6. The first-order valence-electron chi connectivity index (χ1n) is 25.3. The number of carboxylic acids is 2. The zero-order valence-corrected chi connectivity index (χ0v) is 41.4. The first kappa shape index (κ1) is 62.2.